The summed E-state index contributed by atoms with van der Waals surface area (Å²) in [6.07, 6.45) is 3.13. The fourth-order valence-electron chi connectivity index (χ4n) is 2.54. The Hall–Kier alpha value is -1.74. The Kier molecular flexibility index (Phi) is 3.56. The topological polar surface area (TPSA) is 24.9 Å². The van der Waals surface area contributed by atoms with Gasteiger partial charge in [-0.1, -0.05) is 18.2 Å². The van der Waals surface area contributed by atoms with E-state index >= 15 is 0 Å². The number of hydrogen-bond donors (Lipinski definition) is 1. The lowest BCUT2D eigenvalue weighted by atomic mass is 10.1. The molecule has 0 bridgehead atoms. The van der Waals surface area contributed by atoms with E-state index in [1.807, 2.05) is 18.2 Å². The maximum atomic E-state index is 12.9. The third-order valence-corrected chi connectivity index (χ3v) is 3.54. The molecule has 1 unspecified atom stereocenters. The maximum Gasteiger partial charge on any atom is 0.123 e. The van der Waals surface area contributed by atoms with Crippen molar-refractivity contribution in [2.24, 2.45) is 0 Å². The molecule has 1 saturated heterocycles. The minimum absolute atomic E-state index is 0.194. The van der Waals surface area contributed by atoms with Gasteiger partial charge in [0.15, 0.2) is 0 Å². The Morgan fingerprint density at radius 1 is 1.16 bits per heavy atom. The number of halogens is 1. The number of rotatable bonds is 3. The SMILES string of the molecule is Fc1ccc(Cc2cccc(C3CCCN3)n2)cc1. The van der Waals surface area contributed by atoms with Gasteiger partial charge in [0.1, 0.15) is 5.82 Å². The quantitative estimate of drug-likeness (QED) is 0.912. The zero-order valence-electron chi connectivity index (χ0n) is 10.8. The highest BCUT2D eigenvalue weighted by Gasteiger charge is 2.17. The molecule has 1 N–H and O–H groups in total. The van der Waals surface area contributed by atoms with Crippen LogP contribution < -0.4 is 5.32 Å². The lowest BCUT2D eigenvalue weighted by Gasteiger charge is -2.11. The number of pyridine rings is 1. The normalized spacial score (nSPS) is 18.7. The summed E-state index contributed by atoms with van der Waals surface area (Å²) < 4.78 is 12.9. The fraction of sp³-hybridized carbons (Fsp3) is 0.312. The highest BCUT2D eigenvalue weighted by atomic mass is 19.1. The summed E-state index contributed by atoms with van der Waals surface area (Å²) in [5.74, 6) is -0.194. The molecule has 19 heavy (non-hydrogen) atoms. The largest absolute Gasteiger partial charge is 0.309 e. The number of nitrogens with zero attached hydrogens (tertiary/aromatic N) is 1. The van der Waals surface area contributed by atoms with Crippen LogP contribution in [-0.2, 0) is 6.42 Å². The Balaban J connectivity index is 1.77. The van der Waals surface area contributed by atoms with E-state index in [-0.39, 0.29) is 5.82 Å². The fourth-order valence-corrected chi connectivity index (χ4v) is 2.54. The van der Waals surface area contributed by atoms with Crippen molar-refractivity contribution in [3.05, 3.63) is 65.2 Å². The van der Waals surface area contributed by atoms with Crippen LogP contribution in [0.5, 0.6) is 0 Å². The second-order valence-electron chi connectivity index (χ2n) is 5.01. The molecule has 2 heterocycles. The molecule has 1 atom stereocenters. The van der Waals surface area contributed by atoms with E-state index in [0.717, 1.165) is 36.3 Å². The van der Waals surface area contributed by atoms with Gasteiger partial charge in [0.2, 0.25) is 0 Å². The smallest absolute Gasteiger partial charge is 0.123 e. The van der Waals surface area contributed by atoms with E-state index < -0.39 is 0 Å². The Bertz CT molecular complexity index is 545. The number of nitrogens with one attached hydrogen (secondary N) is 1. The molecular weight excluding hydrogens is 239 g/mol. The summed E-state index contributed by atoms with van der Waals surface area (Å²) in [5.41, 5.74) is 3.25. The predicted octanol–water partition coefficient (Wildman–Crippen LogP) is 3.24. The van der Waals surface area contributed by atoms with Crippen LogP contribution in [0.15, 0.2) is 42.5 Å². The van der Waals surface area contributed by atoms with Crippen LogP contribution in [0.4, 0.5) is 4.39 Å². The van der Waals surface area contributed by atoms with Gasteiger partial charge in [0.25, 0.3) is 0 Å². The summed E-state index contributed by atoms with van der Waals surface area (Å²) in [5, 5.41) is 3.46. The molecule has 0 saturated carbocycles. The van der Waals surface area contributed by atoms with Crippen LogP contribution in [0.2, 0.25) is 0 Å². The number of benzene rings is 1. The molecule has 2 aromatic rings. The van der Waals surface area contributed by atoms with E-state index in [0.29, 0.717) is 6.04 Å². The van der Waals surface area contributed by atoms with Crippen molar-refractivity contribution in [3.63, 3.8) is 0 Å². The van der Waals surface area contributed by atoms with E-state index in [1.54, 1.807) is 0 Å². The molecule has 3 heteroatoms. The zero-order valence-corrected chi connectivity index (χ0v) is 10.8. The first kappa shape index (κ1) is 12.3. The predicted molar refractivity (Wildman–Crippen MR) is 73.4 cm³/mol. The average molecular weight is 256 g/mol. The summed E-state index contributed by atoms with van der Waals surface area (Å²) >= 11 is 0. The highest BCUT2D eigenvalue weighted by molar-refractivity contribution is 5.24. The zero-order chi connectivity index (χ0) is 13.1. The molecule has 0 amide bonds. The average Bonchev–Trinajstić information content (AvgIpc) is 2.96. The minimum atomic E-state index is -0.194. The van der Waals surface area contributed by atoms with Gasteiger partial charge in [-0.05, 0) is 49.2 Å². The molecule has 1 aromatic carbocycles. The third kappa shape index (κ3) is 2.99. The number of hydrogen-bond acceptors (Lipinski definition) is 2. The molecule has 1 aliphatic heterocycles. The highest BCUT2D eigenvalue weighted by Crippen LogP contribution is 2.21. The van der Waals surface area contributed by atoms with Crippen molar-refractivity contribution in [3.8, 4) is 0 Å². The van der Waals surface area contributed by atoms with Gasteiger partial charge in [-0.2, -0.15) is 0 Å². The van der Waals surface area contributed by atoms with E-state index in [1.165, 1.54) is 18.6 Å². The van der Waals surface area contributed by atoms with Crippen LogP contribution in [-0.4, -0.2) is 11.5 Å². The van der Waals surface area contributed by atoms with Crippen LogP contribution >= 0.6 is 0 Å². The lowest BCUT2D eigenvalue weighted by Crippen LogP contribution is -2.14. The van der Waals surface area contributed by atoms with Gasteiger partial charge in [-0.15, -0.1) is 0 Å². The van der Waals surface area contributed by atoms with Crippen LogP contribution in [0.25, 0.3) is 0 Å². The van der Waals surface area contributed by atoms with Crippen LogP contribution in [0.1, 0.15) is 35.8 Å². The van der Waals surface area contributed by atoms with Crippen molar-refractivity contribution in [1.29, 1.82) is 0 Å². The second kappa shape index (κ2) is 5.49. The molecule has 0 spiro atoms. The molecule has 1 aliphatic rings. The monoisotopic (exact) mass is 256 g/mol. The van der Waals surface area contributed by atoms with Crippen LogP contribution in [0.3, 0.4) is 0 Å². The first-order valence-corrected chi connectivity index (χ1v) is 6.75. The minimum Gasteiger partial charge on any atom is -0.309 e. The Morgan fingerprint density at radius 3 is 2.74 bits per heavy atom. The van der Waals surface area contributed by atoms with Crippen LogP contribution in [0, 0.1) is 5.82 Å². The van der Waals surface area contributed by atoms with Gasteiger partial charge >= 0.3 is 0 Å². The summed E-state index contributed by atoms with van der Waals surface area (Å²) in [6.45, 7) is 1.08. The number of aromatic nitrogens is 1. The second-order valence-corrected chi connectivity index (χ2v) is 5.01. The van der Waals surface area contributed by atoms with Gasteiger partial charge < -0.3 is 5.32 Å². The van der Waals surface area contributed by atoms with E-state index in [9.17, 15) is 4.39 Å². The van der Waals surface area contributed by atoms with Crippen molar-refractivity contribution in [2.45, 2.75) is 25.3 Å². The molecular formula is C16H17FN2. The first-order chi connectivity index (χ1) is 9.31. The van der Waals surface area contributed by atoms with Crippen molar-refractivity contribution in [1.82, 2.24) is 10.3 Å². The lowest BCUT2D eigenvalue weighted by molar-refractivity contribution is 0.624. The van der Waals surface area contributed by atoms with E-state index in [4.69, 9.17) is 4.98 Å². The summed E-state index contributed by atoms with van der Waals surface area (Å²) in [4.78, 5) is 4.72. The molecule has 1 aromatic heterocycles. The maximum absolute atomic E-state index is 12.9. The Morgan fingerprint density at radius 2 is 2.00 bits per heavy atom. The molecule has 1 fully saturated rings. The molecule has 2 nitrogen and oxygen atoms in total. The molecule has 98 valence electrons. The standard InChI is InChI=1S/C16H17FN2/c17-13-8-6-12(7-9-13)11-14-3-1-4-16(19-14)15-5-2-10-18-15/h1,3-4,6-9,15,18H,2,5,10-11H2. The van der Waals surface area contributed by atoms with Gasteiger partial charge in [0.05, 0.1) is 5.69 Å². The molecule has 3 rings (SSSR count). The summed E-state index contributed by atoms with van der Waals surface area (Å²) in [7, 11) is 0. The van der Waals surface area contributed by atoms with Crippen molar-refractivity contribution >= 4 is 0 Å². The van der Waals surface area contributed by atoms with Crippen molar-refractivity contribution < 1.29 is 4.39 Å². The van der Waals surface area contributed by atoms with Gasteiger partial charge in [-0.25, -0.2) is 4.39 Å². The summed E-state index contributed by atoms with van der Waals surface area (Å²) in [6, 6.07) is 13.2. The molecule has 0 aliphatic carbocycles. The molecule has 0 radical (unpaired) electrons. The Labute approximate surface area is 112 Å². The third-order valence-electron chi connectivity index (χ3n) is 3.54. The van der Waals surface area contributed by atoms with Crippen molar-refractivity contribution in [2.75, 3.05) is 6.54 Å². The van der Waals surface area contributed by atoms with Gasteiger partial charge in [0, 0.05) is 18.2 Å². The van der Waals surface area contributed by atoms with E-state index in [2.05, 4.69) is 17.4 Å². The first-order valence-electron chi connectivity index (χ1n) is 6.75. The van der Waals surface area contributed by atoms with Gasteiger partial charge in [-0.3, -0.25) is 4.98 Å².